The van der Waals surface area contributed by atoms with Crippen LogP contribution < -0.4 is 10.1 Å². The lowest BCUT2D eigenvalue weighted by Gasteiger charge is -2.11. The van der Waals surface area contributed by atoms with Crippen LogP contribution in [-0.2, 0) is 0 Å². The van der Waals surface area contributed by atoms with Gasteiger partial charge < -0.3 is 15.0 Å². The van der Waals surface area contributed by atoms with Gasteiger partial charge in [-0.05, 0) is 25.1 Å². The van der Waals surface area contributed by atoms with Gasteiger partial charge in [0.1, 0.15) is 5.82 Å². The van der Waals surface area contributed by atoms with Crippen LogP contribution in [0.2, 0.25) is 0 Å². The van der Waals surface area contributed by atoms with Crippen LogP contribution >= 0.6 is 0 Å². The summed E-state index contributed by atoms with van der Waals surface area (Å²) in [7, 11) is 1.53. The highest BCUT2D eigenvalue weighted by atomic mass is 16.5. The van der Waals surface area contributed by atoms with E-state index in [2.05, 4.69) is 20.3 Å². The maximum absolute atomic E-state index is 12.2. The van der Waals surface area contributed by atoms with Crippen molar-refractivity contribution < 1.29 is 9.53 Å². The summed E-state index contributed by atoms with van der Waals surface area (Å²) in [6, 6.07) is 10.8. The van der Waals surface area contributed by atoms with Gasteiger partial charge in [-0.1, -0.05) is 12.1 Å². The Labute approximate surface area is 127 Å². The van der Waals surface area contributed by atoms with E-state index in [4.69, 9.17) is 4.74 Å². The third-order valence-corrected chi connectivity index (χ3v) is 3.37. The molecule has 0 spiro atoms. The lowest BCUT2D eigenvalue weighted by Crippen LogP contribution is -2.27. The van der Waals surface area contributed by atoms with Crippen LogP contribution in [0.4, 0.5) is 0 Å². The first-order valence-electron chi connectivity index (χ1n) is 6.93. The molecule has 2 N–H and O–H groups in total. The minimum absolute atomic E-state index is 0.205. The number of nitrogens with zero attached hydrogens (tertiary/aromatic N) is 2. The SMILES string of the molecule is COc1ccc(C(=O)NC(C)c2nc3ccccc3[nH]2)cn1. The number of nitrogens with one attached hydrogen (secondary N) is 2. The van der Waals surface area contributed by atoms with E-state index in [0.717, 1.165) is 16.9 Å². The van der Waals surface area contributed by atoms with Gasteiger partial charge in [-0.15, -0.1) is 0 Å². The molecule has 1 atom stereocenters. The van der Waals surface area contributed by atoms with E-state index in [1.54, 1.807) is 12.1 Å². The summed E-state index contributed by atoms with van der Waals surface area (Å²) < 4.78 is 4.98. The first kappa shape index (κ1) is 14.1. The van der Waals surface area contributed by atoms with Crippen molar-refractivity contribution in [3.8, 4) is 5.88 Å². The molecule has 0 radical (unpaired) electrons. The molecule has 0 fully saturated rings. The van der Waals surface area contributed by atoms with Gasteiger partial charge in [-0.3, -0.25) is 4.79 Å². The van der Waals surface area contributed by atoms with Crippen molar-refractivity contribution in [1.82, 2.24) is 20.3 Å². The topological polar surface area (TPSA) is 79.9 Å². The second kappa shape index (κ2) is 5.85. The molecule has 1 unspecified atom stereocenters. The summed E-state index contributed by atoms with van der Waals surface area (Å²) in [6.45, 7) is 1.88. The summed E-state index contributed by atoms with van der Waals surface area (Å²) in [5.41, 5.74) is 2.30. The van der Waals surface area contributed by atoms with Gasteiger partial charge in [0.2, 0.25) is 5.88 Å². The predicted octanol–water partition coefficient (Wildman–Crippen LogP) is 2.46. The minimum atomic E-state index is -0.234. The molecule has 112 valence electrons. The van der Waals surface area contributed by atoms with Gasteiger partial charge in [-0.2, -0.15) is 0 Å². The van der Waals surface area contributed by atoms with Gasteiger partial charge >= 0.3 is 0 Å². The zero-order valence-electron chi connectivity index (χ0n) is 12.3. The molecular formula is C16H16N4O2. The molecule has 0 saturated heterocycles. The molecule has 0 saturated carbocycles. The summed E-state index contributed by atoms with van der Waals surface area (Å²) >= 11 is 0. The first-order valence-corrected chi connectivity index (χ1v) is 6.93. The Morgan fingerprint density at radius 1 is 1.27 bits per heavy atom. The number of fused-ring (bicyclic) bond motifs is 1. The first-order chi connectivity index (χ1) is 10.7. The van der Waals surface area contributed by atoms with Gasteiger partial charge in [0.15, 0.2) is 0 Å². The number of hydrogen-bond donors (Lipinski definition) is 2. The molecule has 1 amide bonds. The predicted molar refractivity (Wildman–Crippen MR) is 82.8 cm³/mol. The van der Waals surface area contributed by atoms with Crippen molar-refractivity contribution in [1.29, 1.82) is 0 Å². The molecule has 3 aromatic rings. The maximum atomic E-state index is 12.2. The number of hydrogen-bond acceptors (Lipinski definition) is 4. The quantitative estimate of drug-likeness (QED) is 0.775. The molecule has 0 aliphatic carbocycles. The number of pyridine rings is 1. The summed E-state index contributed by atoms with van der Waals surface area (Å²) in [5, 5.41) is 2.90. The number of carbonyl (C=O) groups excluding carboxylic acids is 1. The second-order valence-corrected chi connectivity index (χ2v) is 4.92. The van der Waals surface area contributed by atoms with Crippen molar-refractivity contribution in [3.63, 3.8) is 0 Å². The van der Waals surface area contributed by atoms with Gasteiger partial charge in [-0.25, -0.2) is 9.97 Å². The normalized spacial score (nSPS) is 12.1. The number of para-hydroxylation sites is 2. The Balaban J connectivity index is 1.74. The Kier molecular flexibility index (Phi) is 3.74. The highest BCUT2D eigenvalue weighted by Crippen LogP contribution is 2.16. The van der Waals surface area contributed by atoms with Crippen molar-refractivity contribution in [2.45, 2.75) is 13.0 Å². The van der Waals surface area contributed by atoms with Crippen LogP contribution in [0.5, 0.6) is 5.88 Å². The molecule has 3 rings (SSSR count). The largest absolute Gasteiger partial charge is 0.481 e. The van der Waals surface area contributed by atoms with Crippen LogP contribution in [-0.4, -0.2) is 28.0 Å². The number of methoxy groups -OCH3 is 1. The number of ether oxygens (including phenoxy) is 1. The zero-order chi connectivity index (χ0) is 15.5. The Bertz CT molecular complexity index is 762. The molecular weight excluding hydrogens is 280 g/mol. The number of rotatable bonds is 4. The van der Waals surface area contributed by atoms with E-state index < -0.39 is 0 Å². The molecule has 0 aliphatic rings. The molecule has 0 bridgehead atoms. The van der Waals surface area contributed by atoms with Crippen LogP contribution in [0.1, 0.15) is 29.1 Å². The molecule has 2 heterocycles. The third-order valence-electron chi connectivity index (χ3n) is 3.37. The maximum Gasteiger partial charge on any atom is 0.253 e. The lowest BCUT2D eigenvalue weighted by atomic mass is 10.2. The number of carbonyl (C=O) groups is 1. The standard InChI is InChI=1S/C16H16N4O2/c1-10(15-19-12-5-3-4-6-13(12)20-15)18-16(21)11-7-8-14(22-2)17-9-11/h3-10H,1-2H3,(H,18,21)(H,19,20). The smallest absolute Gasteiger partial charge is 0.253 e. The minimum Gasteiger partial charge on any atom is -0.481 e. The van der Waals surface area contributed by atoms with Gasteiger partial charge in [0.25, 0.3) is 5.91 Å². The van der Waals surface area contributed by atoms with E-state index in [1.807, 2.05) is 31.2 Å². The highest BCUT2D eigenvalue weighted by molar-refractivity contribution is 5.94. The van der Waals surface area contributed by atoms with Crippen molar-refractivity contribution >= 4 is 16.9 Å². The molecule has 0 aliphatic heterocycles. The Hall–Kier alpha value is -2.89. The van der Waals surface area contributed by atoms with Crippen molar-refractivity contribution in [3.05, 3.63) is 54.0 Å². The summed E-state index contributed by atoms with van der Waals surface area (Å²) in [6.07, 6.45) is 1.49. The van der Waals surface area contributed by atoms with E-state index in [-0.39, 0.29) is 11.9 Å². The van der Waals surface area contributed by atoms with E-state index >= 15 is 0 Å². The Morgan fingerprint density at radius 3 is 2.77 bits per heavy atom. The fourth-order valence-electron chi connectivity index (χ4n) is 2.16. The van der Waals surface area contributed by atoms with Crippen LogP contribution in [0.3, 0.4) is 0 Å². The average Bonchev–Trinajstić information content (AvgIpc) is 2.99. The zero-order valence-corrected chi connectivity index (χ0v) is 12.3. The van der Waals surface area contributed by atoms with E-state index in [9.17, 15) is 4.79 Å². The molecule has 6 nitrogen and oxygen atoms in total. The lowest BCUT2D eigenvalue weighted by molar-refractivity contribution is 0.0938. The number of H-pyrrole nitrogens is 1. The molecule has 6 heteroatoms. The van der Waals surface area contributed by atoms with Crippen LogP contribution in [0.15, 0.2) is 42.6 Å². The molecule has 2 aromatic heterocycles. The van der Waals surface area contributed by atoms with Crippen molar-refractivity contribution in [2.24, 2.45) is 0 Å². The number of aromatic amines is 1. The number of imidazole rings is 1. The van der Waals surface area contributed by atoms with E-state index in [1.165, 1.54) is 13.3 Å². The number of amides is 1. The third kappa shape index (κ3) is 2.76. The highest BCUT2D eigenvalue weighted by Gasteiger charge is 2.15. The number of benzene rings is 1. The fourth-order valence-corrected chi connectivity index (χ4v) is 2.16. The summed E-state index contributed by atoms with van der Waals surface area (Å²) in [5.74, 6) is 0.987. The van der Waals surface area contributed by atoms with Gasteiger partial charge in [0.05, 0.1) is 29.7 Å². The molecule has 1 aromatic carbocycles. The summed E-state index contributed by atoms with van der Waals surface area (Å²) in [4.78, 5) is 23.9. The number of aromatic nitrogens is 3. The monoisotopic (exact) mass is 296 g/mol. The van der Waals surface area contributed by atoms with E-state index in [0.29, 0.717) is 11.4 Å². The molecule has 22 heavy (non-hydrogen) atoms. The van der Waals surface area contributed by atoms with Crippen LogP contribution in [0, 0.1) is 0 Å². The van der Waals surface area contributed by atoms with Crippen molar-refractivity contribution in [2.75, 3.05) is 7.11 Å². The second-order valence-electron chi connectivity index (χ2n) is 4.92. The Morgan fingerprint density at radius 2 is 2.09 bits per heavy atom. The van der Waals surface area contributed by atoms with Gasteiger partial charge in [0, 0.05) is 12.3 Å². The average molecular weight is 296 g/mol. The van der Waals surface area contributed by atoms with Crippen LogP contribution in [0.25, 0.3) is 11.0 Å². The fraction of sp³-hybridized carbons (Fsp3) is 0.188.